The molecule has 2 atom stereocenters. The maximum Gasteiger partial charge on any atom is 0.160 e. The second-order valence-electron chi connectivity index (χ2n) is 4.17. The zero-order valence-electron chi connectivity index (χ0n) is 11.1. The van der Waals surface area contributed by atoms with Crippen molar-refractivity contribution in [2.45, 2.75) is 18.8 Å². The summed E-state index contributed by atoms with van der Waals surface area (Å²) < 4.78 is 10.3. The van der Waals surface area contributed by atoms with Crippen LogP contribution in [-0.4, -0.2) is 37.3 Å². The van der Waals surface area contributed by atoms with Crippen LogP contribution >= 0.6 is 0 Å². The molecule has 19 heavy (non-hydrogen) atoms. The number of aliphatic hydroxyl groups excluding tert-OH is 2. The number of hydrogen-bond acceptors (Lipinski definition) is 5. The lowest BCUT2D eigenvalue weighted by Crippen LogP contribution is -2.20. The van der Waals surface area contributed by atoms with Crippen LogP contribution < -0.4 is 0 Å². The van der Waals surface area contributed by atoms with Gasteiger partial charge in [-0.1, -0.05) is 24.3 Å². The van der Waals surface area contributed by atoms with E-state index in [1.54, 1.807) is 26.4 Å². The van der Waals surface area contributed by atoms with Crippen LogP contribution in [0.25, 0.3) is 0 Å². The fourth-order valence-electron chi connectivity index (χ4n) is 1.88. The van der Waals surface area contributed by atoms with Crippen molar-refractivity contribution in [2.24, 2.45) is 5.92 Å². The highest BCUT2D eigenvalue weighted by molar-refractivity contribution is 5.30. The van der Waals surface area contributed by atoms with E-state index in [0.29, 0.717) is 12.0 Å². The SMILES string of the molecule is COC(Cc1ccccc1[C@H](O)[C@@H](C#N)CO)OC. The van der Waals surface area contributed by atoms with Gasteiger partial charge in [0.15, 0.2) is 6.29 Å². The third kappa shape index (κ3) is 4.01. The molecular weight excluding hydrogens is 246 g/mol. The topological polar surface area (TPSA) is 82.7 Å². The second kappa shape index (κ2) is 7.87. The monoisotopic (exact) mass is 265 g/mol. The lowest BCUT2D eigenvalue weighted by atomic mass is 9.92. The Labute approximate surface area is 113 Å². The lowest BCUT2D eigenvalue weighted by molar-refractivity contribution is -0.101. The van der Waals surface area contributed by atoms with Crippen LogP contribution in [0.5, 0.6) is 0 Å². The van der Waals surface area contributed by atoms with Gasteiger partial charge in [0, 0.05) is 20.6 Å². The van der Waals surface area contributed by atoms with Gasteiger partial charge >= 0.3 is 0 Å². The van der Waals surface area contributed by atoms with E-state index in [-0.39, 0.29) is 6.61 Å². The zero-order valence-corrected chi connectivity index (χ0v) is 11.1. The first-order valence-corrected chi connectivity index (χ1v) is 5.99. The van der Waals surface area contributed by atoms with Crippen molar-refractivity contribution in [3.05, 3.63) is 35.4 Å². The average molecular weight is 265 g/mol. The van der Waals surface area contributed by atoms with Crippen LogP contribution in [0.3, 0.4) is 0 Å². The summed E-state index contributed by atoms with van der Waals surface area (Å²) in [5.41, 5.74) is 1.44. The predicted molar refractivity (Wildman–Crippen MR) is 69.1 cm³/mol. The summed E-state index contributed by atoms with van der Waals surface area (Å²) in [5, 5.41) is 28.1. The van der Waals surface area contributed by atoms with Crippen LogP contribution in [-0.2, 0) is 15.9 Å². The summed E-state index contributed by atoms with van der Waals surface area (Å²) in [6.45, 7) is -0.385. The number of methoxy groups -OCH3 is 2. The van der Waals surface area contributed by atoms with Crippen molar-refractivity contribution in [3.8, 4) is 6.07 Å². The third-order valence-electron chi connectivity index (χ3n) is 3.03. The van der Waals surface area contributed by atoms with Crippen LogP contribution in [0.1, 0.15) is 17.2 Å². The standard InChI is InChI=1S/C14H19NO4/c1-18-13(19-2)7-10-5-3-4-6-12(10)14(17)11(8-15)9-16/h3-6,11,13-14,16-17H,7,9H2,1-2H3/t11-,14+/m0/s1. The maximum absolute atomic E-state index is 10.2. The number of benzene rings is 1. The first-order chi connectivity index (χ1) is 9.17. The van der Waals surface area contributed by atoms with Gasteiger partial charge in [-0.2, -0.15) is 5.26 Å². The molecule has 0 amide bonds. The van der Waals surface area contributed by atoms with Crippen LogP contribution in [0.4, 0.5) is 0 Å². The Morgan fingerprint density at radius 1 is 1.26 bits per heavy atom. The van der Waals surface area contributed by atoms with Crippen molar-refractivity contribution in [1.82, 2.24) is 0 Å². The number of nitrogens with zero attached hydrogens (tertiary/aromatic N) is 1. The van der Waals surface area contributed by atoms with Gasteiger partial charge in [-0.3, -0.25) is 0 Å². The molecular formula is C14H19NO4. The molecule has 104 valence electrons. The molecule has 2 N–H and O–H groups in total. The van der Waals surface area contributed by atoms with E-state index in [9.17, 15) is 5.11 Å². The summed E-state index contributed by atoms with van der Waals surface area (Å²) in [4.78, 5) is 0. The van der Waals surface area contributed by atoms with Crippen molar-refractivity contribution in [3.63, 3.8) is 0 Å². The molecule has 5 nitrogen and oxygen atoms in total. The van der Waals surface area contributed by atoms with Gasteiger partial charge in [0.2, 0.25) is 0 Å². The Bertz CT molecular complexity index is 426. The lowest BCUT2D eigenvalue weighted by Gasteiger charge is -2.20. The maximum atomic E-state index is 10.2. The first kappa shape index (κ1) is 15.6. The number of aliphatic hydroxyl groups is 2. The van der Waals surface area contributed by atoms with Gasteiger partial charge in [-0.25, -0.2) is 0 Å². The molecule has 0 aliphatic heterocycles. The van der Waals surface area contributed by atoms with E-state index in [1.165, 1.54) is 0 Å². The Morgan fingerprint density at radius 3 is 2.42 bits per heavy atom. The van der Waals surface area contributed by atoms with Crippen molar-refractivity contribution in [1.29, 1.82) is 5.26 Å². The normalized spacial score (nSPS) is 14.1. The second-order valence-corrected chi connectivity index (χ2v) is 4.17. The van der Waals surface area contributed by atoms with Crippen molar-refractivity contribution in [2.75, 3.05) is 20.8 Å². The molecule has 1 aromatic carbocycles. The molecule has 1 rings (SSSR count). The van der Waals surface area contributed by atoms with Gasteiger partial charge in [-0.05, 0) is 11.1 Å². The number of nitriles is 1. The van der Waals surface area contributed by atoms with Crippen molar-refractivity contribution >= 4 is 0 Å². The molecule has 0 aromatic heterocycles. The fourth-order valence-corrected chi connectivity index (χ4v) is 1.88. The van der Waals surface area contributed by atoms with Gasteiger partial charge in [0.25, 0.3) is 0 Å². The third-order valence-corrected chi connectivity index (χ3v) is 3.03. The molecule has 0 aliphatic rings. The van der Waals surface area contributed by atoms with E-state index in [1.807, 2.05) is 18.2 Å². The molecule has 5 heteroatoms. The Balaban J connectivity index is 2.98. The molecule has 1 aromatic rings. The van der Waals surface area contributed by atoms with Crippen LogP contribution in [0, 0.1) is 17.2 Å². The highest BCUT2D eigenvalue weighted by atomic mass is 16.7. The quantitative estimate of drug-likeness (QED) is 0.719. The van der Waals surface area contributed by atoms with E-state index < -0.39 is 18.3 Å². The molecule has 0 fully saturated rings. The minimum atomic E-state index is -1.03. The summed E-state index contributed by atoms with van der Waals surface area (Å²) in [6, 6.07) is 9.10. The van der Waals surface area contributed by atoms with E-state index in [4.69, 9.17) is 19.8 Å². The number of rotatable bonds is 7. The molecule has 0 spiro atoms. The summed E-state index contributed by atoms with van der Waals surface area (Å²) in [7, 11) is 3.08. The highest BCUT2D eigenvalue weighted by Gasteiger charge is 2.23. The summed E-state index contributed by atoms with van der Waals surface area (Å²) >= 11 is 0. The number of hydrogen-bond donors (Lipinski definition) is 2. The minimum Gasteiger partial charge on any atom is -0.395 e. The van der Waals surface area contributed by atoms with E-state index in [0.717, 1.165) is 5.56 Å². The van der Waals surface area contributed by atoms with Gasteiger partial charge in [-0.15, -0.1) is 0 Å². The molecule has 0 saturated heterocycles. The minimum absolute atomic E-state index is 0.385. The fraction of sp³-hybridized carbons (Fsp3) is 0.500. The molecule has 0 unspecified atom stereocenters. The van der Waals surface area contributed by atoms with Crippen LogP contribution in [0.15, 0.2) is 24.3 Å². The number of ether oxygens (including phenoxy) is 2. The average Bonchev–Trinajstić information content (AvgIpc) is 2.46. The molecule has 0 radical (unpaired) electrons. The predicted octanol–water partition coefficient (Wildman–Crippen LogP) is 1.01. The molecule has 0 saturated carbocycles. The van der Waals surface area contributed by atoms with Gasteiger partial charge < -0.3 is 19.7 Å². The van der Waals surface area contributed by atoms with Crippen LogP contribution in [0.2, 0.25) is 0 Å². The largest absolute Gasteiger partial charge is 0.395 e. The Kier molecular flexibility index (Phi) is 6.46. The highest BCUT2D eigenvalue weighted by Crippen LogP contribution is 2.26. The van der Waals surface area contributed by atoms with Gasteiger partial charge in [0.1, 0.15) is 0 Å². The molecule has 0 aliphatic carbocycles. The first-order valence-electron chi connectivity index (χ1n) is 5.99. The Hall–Kier alpha value is -1.45. The van der Waals surface area contributed by atoms with Gasteiger partial charge in [0.05, 0.1) is 24.7 Å². The van der Waals surface area contributed by atoms with Crippen molar-refractivity contribution < 1.29 is 19.7 Å². The Morgan fingerprint density at radius 2 is 1.89 bits per heavy atom. The van der Waals surface area contributed by atoms with E-state index in [2.05, 4.69) is 0 Å². The van der Waals surface area contributed by atoms with E-state index >= 15 is 0 Å². The molecule has 0 bridgehead atoms. The summed E-state index contributed by atoms with van der Waals surface area (Å²) in [5.74, 6) is -0.843. The molecule has 0 heterocycles. The zero-order chi connectivity index (χ0) is 14.3. The summed E-state index contributed by atoms with van der Waals surface area (Å²) in [6.07, 6.45) is -0.979. The smallest absolute Gasteiger partial charge is 0.160 e.